The number of fused-ring (bicyclic) bond motifs is 1. The molecule has 0 aliphatic rings. The predicted molar refractivity (Wildman–Crippen MR) is 162 cm³/mol. The van der Waals surface area contributed by atoms with E-state index in [-0.39, 0.29) is 0 Å². The van der Waals surface area contributed by atoms with E-state index in [9.17, 15) is 0 Å². The first-order valence-electron chi connectivity index (χ1n) is 12.9. The maximum Gasteiger partial charge on any atom is 0.160 e. The molecule has 0 spiro atoms. The van der Waals surface area contributed by atoms with Crippen LogP contribution in [0.5, 0.6) is 0 Å². The molecular weight excluding hydrogens is 494 g/mol. The highest BCUT2D eigenvalue weighted by Gasteiger charge is 2.12. The van der Waals surface area contributed by atoms with Gasteiger partial charge in [0.25, 0.3) is 0 Å². The van der Waals surface area contributed by atoms with Crippen molar-refractivity contribution in [2.24, 2.45) is 0 Å². The van der Waals surface area contributed by atoms with Gasteiger partial charge in [-0.15, -0.1) is 11.3 Å². The molecule has 0 atom stereocenters. The summed E-state index contributed by atoms with van der Waals surface area (Å²) in [7, 11) is 0. The van der Waals surface area contributed by atoms with Crippen LogP contribution in [-0.2, 0) is 0 Å². The fourth-order valence-electron chi connectivity index (χ4n) is 4.71. The third-order valence-corrected chi connectivity index (χ3v) is 7.84. The van der Waals surface area contributed by atoms with Crippen molar-refractivity contribution in [1.29, 1.82) is 0 Å². The maximum atomic E-state index is 4.95. The van der Waals surface area contributed by atoms with E-state index in [1.54, 1.807) is 11.3 Å². The lowest BCUT2D eigenvalue weighted by Gasteiger charge is -2.10. The maximum absolute atomic E-state index is 4.95. The van der Waals surface area contributed by atoms with Crippen molar-refractivity contribution in [2.75, 3.05) is 0 Å². The molecule has 0 radical (unpaired) electrons. The van der Waals surface area contributed by atoms with E-state index in [4.69, 9.17) is 15.0 Å². The number of nitrogens with zero attached hydrogens (tertiary/aromatic N) is 3. The normalized spacial score (nSPS) is 11.1. The quantitative estimate of drug-likeness (QED) is 0.228. The highest BCUT2D eigenvalue weighted by molar-refractivity contribution is 7.21. The average molecular weight is 518 g/mol. The van der Waals surface area contributed by atoms with Crippen LogP contribution in [0.25, 0.3) is 65.8 Å². The van der Waals surface area contributed by atoms with Crippen LogP contribution in [0.3, 0.4) is 0 Å². The Bertz CT molecular complexity index is 1820. The van der Waals surface area contributed by atoms with Gasteiger partial charge in [-0.3, -0.25) is 0 Å². The zero-order chi connectivity index (χ0) is 26.0. The smallest absolute Gasteiger partial charge is 0.160 e. The molecule has 0 aliphatic heterocycles. The van der Waals surface area contributed by atoms with Crippen LogP contribution in [0.15, 0.2) is 140 Å². The van der Waals surface area contributed by atoms with Crippen LogP contribution in [0.1, 0.15) is 0 Å². The third-order valence-electron chi connectivity index (χ3n) is 6.75. The summed E-state index contributed by atoms with van der Waals surface area (Å²) >= 11 is 1.73. The number of hydrogen-bond donors (Lipinski definition) is 0. The van der Waals surface area contributed by atoms with E-state index in [2.05, 4.69) is 97.1 Å². The number of rotatable bonds is 5. The van der Waals surface area contributed by atoms with E-state index >= 15 is 0 Å². The first kappa shape index (κ1) is 23.2. The first-order valence-corrected chi connectivity index (χ1v) is 13.7. The fourth-order valence-corrected chi connectivity index (χ4v) is 5.66. The van der Waals surface area contributed by atoms with Gasteiger partial charge < -0.3 is 0 Å². The Labute approximate surface area is 231 Å². The van der Waals surface area contributed by atoms with Gasteiger partial charge in [0.2, 0.25) is 0 Å². The second-order valence-corrected chi connectivity index (χ2v) is 10.4. The molecule has 0 unspecified atom stereocenters. The Morgan fingerprint density at radius 2 is 0.897 bits per heavy atom. The lowest BCUT2D eigenvalue weighted by molar-refractivity contribution is 1.18. The Balaban J connectivity index is 1.25. The summed E-state index contributed by atoms with van der Waals surface area (Å²) in [6.07, 6.45) is 0. The molecule has 7 aromatic rings. The molecule has 0 aliphatic carbocycles. The summed E-state index contributed by atoms with van der Waals surface area (Å²) in [6, 6.07) is 48.0. The Morgan fingerprint density at radius 1 is 0.385 bits per heavy atom. The summed E-state index contributed by atoms with van der Waals surface area (Å²) in [6.45, 7) is 0. The zero-order valence-electron chi connectivity index (χ0n) is 21.0. The molecule has 0 saturated heterocycles. The minimum Gasteiger partial charge on any atom is -0.236 e. The SMILES string of the molecule is c1ccc(-c2cc(-c3ccc(-c4ccc5sc(-c6ccccc6)nc5c4)cc3)nc(-c3ccccc3)n2)cc1. The van der Waals surface area contributed by atoms with Crippen LogP contribution in [0.4, 0.5) is 0 Å². The zero-order valence-corrected chi connectivity index (χ0v) is 21.8. The lowest BCUT2D eigenvalue weighted by Crippen LogP contribution is -1.95. The second kappa shape index (κ2) is 10.1. The molecule has 184 valence electrons. The molecule has 4 heteroatoms. The molecular formula is C35H23N3S. The van der Waals surface area contributed by atoms with Crippen LogP contribution >= 0.6 is 11.3 Å². The van der Waals surface area contributed by atoms with E-state index in [0.29, 0.717) is 0 Å². The van der Waals surface area contributed by atoms with Crippen LogP contribution < -0.4 is 0 Å². The number of aromatic nitrogens is 3. The molecule has 0 amide bonds. The van der Waals surface area contributed by atoms with Crippen LogP contribution in [-0.4, -0.2) is 15.0 Å². The summed E-state index contributed by atoms with van der Waals surface area (Å²) in [4.78, 5) is 14.8. The summed E-state index contributed by atoms with van der Waals surface area (Å²) in [5.74, 6) is 0.722. The summed E-state index contributed by atoms with van der Waals surface area (Å²) in [5.41, 5.74) is 9.41. The molecule has 0 saturated carbocycles. The van der Waals surface area contributed by atoms with Crippen molar-refractivity contribution in [3.05, 3.63) is 140 Å². The van der Waals surface area contributed by atoms with Gasteiger partial charge in [-0.25, -0.2) is 15.0 Å². The van der Waals surface area contributed by atoms with Gasteiger partial charge >= 0.3 is 0 Å². The highest BCUT2D eigenvalue weighted by Crippen LogP contribution is 2.34. The molecule has 39 heavy (non-hydrogen) atoms. The van der Waals surface area contributed by atoms with Crippen molar-refractivity contribution in [3.63, 3.8) is 0 Å². The highest BCUT2D eigenvalue weighted by atomic mass is 32.1. The fraction of sp³-hybridized carbons (Fsp3) is 0. The van der Waals surface area contributed by atoms with E-state index < -0.39 is 0 Å². The Hall–Kier alpha value is -4.93. The third kappa shape index (κ3) is 4.74. The Morgan fingerprint density at radius 3 is 1.54 bits per heavy atom. The number of hydrogen-bond acceptors (Lipinski definition) is 4. The Kier molecular flexibility index (Phi) is 6.00. The molecule has 0 fully saturated rings. The van der Waals surface area contributed by atoms with Crippen molar-refractivity contribution < 1.29 is 0 Å². The predicted octanol–water partition coefficient (Wildman–Crippen LogP) is 9.42. The molecule has 7 rings (SSSR count). The van der Waals surface area contributed by atoms with Gasteiger partial charge in [-0.2, -0.15) is 0 Å². The monoisotopic (exact) mass is 517 g/mol. The van der Waals surface area contributed by atoms with Gasteiger partial charge in [0.1, 0.15) is 5.01 Å². The minimum absolute atomic E-state index is 0.722. The first-order chi connectivity index (χ1) is 19.3. The van der Waals surface area contributed by atoms with E-state index in [0.717, 1.165) is 61.1 Å². The molecule has 3 nitrogen and oxygen atoms in total. The molecule has 2 aromatic heterocycles. The topological polar surface area (TPSA) is 38.7 Å². The van der Waals surface area contributed by atoms with Crippen molar-refractivity contribution in [1.82, 2.24) is 15.0 Å². The van der Waals surface area contributed by atoms with Crippen LogP contribution in [0, 0.1) is 0 Å². The summed E-state index contributed by atoms with van der Waals surface area (Å²) in [5, 5.41) is 1.05. The number of thiazole rings is 1. The minimum atomic E-state index is 0.722. The van der Waals surface area contributed by atoms with Crippen molar-refractivity contribution >= 4 is 21.6 Å². The van der Waals surface area contributed by atoms with Gasteiger partial charge in [-0.1, -0.05) is 121 Å². The number of benzene rings is 5. The van der Waals surface area contributed by atoms with Crippen molar-refractivity contribution in [2.45, 2.75) is 0 Å². The molecule has 2 heterocycles. The van der Waals surface area contributed by atoms with E-state index in [1.807, 2.05) is 42.5 Å². The molecule has 0 N–H and O–H groups in total. The summed E-state index contributed by atoms with van der Waals surface area (Å²) < 4.78 is 1.19. The van der Waals surface area contributed by atoms with Crippen LogP contribution in [0.2, 0.25) is 0 Å². The van der Waals surface area contributed by atoms with Crippen molar-refractivity contribution in [3.8, 4) is 55.6 Å². The van der Waals surface area contributed by atoms with E-state index in [1.165, 1.54) is 4.70 Å². The molecule has 5 aromatic carbocycles. The van der Waals surface area contributed by atoms with Gasteiger partial charge in [0.05, 0.1) is 21.6 Å². The standard InChI is InChI=1S/C35H23N3S/c1-4-10-25(11-5-1)30-23-31(37-34(36-30)27-12-6-2-7-13-27)26-18-16-24(17-19-26)29-20-21-33-32(22-29)38-35(39-33)28-14-8-3-9-15-28/h1-23H. The largest absolute Gasteiger partial charge is 0.236 e. The average Bonchev–Trinajstić information content (AvgIpc) is 3.46. The van der Waals surface area contributed by atoms with Gasteiger partial charge in [0, 0.05) is 22.3 Å². The van der Waals surface area contributed by atoms with Gasteiger partial charge in [-0.05, 0) is 29.3 Å². The molecule has 0 bridgehead atoms. The second-order valence-electron chi connectivity index (χ2n) is 9.34. The van der Waals surface area contributed by atoms with Gasteiger partial charge in [0.15, 0.2) is 5.82 Å². The lowest BCUT2D eigenvalue weighted by atomic mass is 10.0.